The lowest BCUT2D eigenvalue weighted by atomic mass is 10.1. The van der Waals surface area contributed by atoms with Crippen LogP contribution in [0.4, 0.5) is 10.5 Å². The topological polar surface area (TPSA) is 100 Å². The zero-order valence-corrected chi connectivity index (χ0v) is 21.5. The summed E-state index contributed by atoms with van der Waals surface area (Å²) in [5.41, 5.74) is 2.00. The summed E-state index contributed by atoms with van der Waals surface area (Å²) < 4.78 is 10.7. The summed E-state index contributed by atoms with van der Waals surface area (Å²) in [6, 6.07) is 20.2. The number of furan rings is 1. The van der Waals surface area contributed by atoms with E-state index in [1.807, 2.05) is 30.3 Å². The van der Waals surface area contributed by atoms with Crippen LogP contribution in [-0.2, 0) is 14.3 Å². The fourth-order valence-electron chi connectivity index (χ4n) is 4.41. The predicted molar refractivity (Wildman–Crippen MR) is 143 cm³/mol. The summed E-state index contributed by atoms with van der Waals surface area (Å²) in [7, 11) is 1.30. The molecule has 2 aliphatic heterocycles. The van der Waals surface area contributed by atoms with E-state index in [0.717, 1.165) is 22.3 Å². The molecule has 3 heterocycles. The Labute approximate surface area is 223 Å². The second-order valence-electron chi connectivity index (χ2n) is 8.71. The number of carbonyl (C=O) groups is 4. The van der Waals surface area contributed by atoms with Gasteiger partial charge in [-0.3, -0.25) is 19.3 Å². The van der Waals surface area contributed by atoms with Crippen LogP contribution >= 0.6 is 11.8 Å². The van der Waals surface area contributed by atoms with Crippen LogP contribution in [0.2, 0.25) is 0 Å². The molecule has 2 fully saturated rings. The molecule has 2 aliphatic rings. The molecular formula is C28H25N3O6S. The average Bonchev–Trinajstić information content (AvgIpc) is 3.53. The first-order chi connectivity index (χ1) is 18.4. The Morgan fingerprint density at radius 2 is 1.66 bits per heavy atom. The maximum atomic E-state index is 13.0. The molecule has 38 heavy (non-hydrogen) atoms. The Morgan fingerprint density at radius 3 is 2.39 bits per heavy atom. The molecule has 3 aromatic rings. The molecule has 194 valence electrons. The molecule has 0 bridgehead atoms. The normalized spacial score (nSPS) is 16.9. The minimum absolute atomic E-state index is 0.166. The Bertz CT molecular complexity index is 1410. The summed E-state index contributed by atoms with van der Waals surface area (Å²) in [4.78, 5) is 55.6. The van der Waals surface area contributed by atoms with Crippen LogP contribution < -0.4 is 4.90 Å². The van der Waals surface area contributed by atoms with Crippen LogP contribution in [0.1, 0.15) is 16.1 Å². The van der Waals surface area contributed by atoms with Crippen LogP contribution in [-0.4, -0.2) is 72.7 Å². The largest absolute Gasteiger partial charge is 0.465 e. The van der Waals surface area contributed by atoms with Gasteiger partial charge in [0, 0.05) is 43.5 Å². The summed E-state index contributed by atoms with van der Waals surface area (Å²) in [5, 5.41) is -0.500. The highest BCUT2D eigenvalue weighted by Gasteiger charge is 2.37. The van der Waals surface area contributed by atoms with Crippen molar-refractivity contribution in [3.05, 3.63) is 83.0 Å². The number of piperazine rings is 1. The third-order valence-corrected chi connectivity index (χ3v) is 7.33. The molecule has 3 amide bonds. The van der Waals surface area contributed by atoms with Gasteiger partial charge in [0.05, 0.1) is 17.6 Å². The van der Waals surface area contributed by atoms with Crippen molar-refractivity contribution in [2.45, 2.75) is 0 Å². The minimum atomic E-state index is -0.538. The van der Waals surface area contributed by atoms with Crippen molar-refractivity contribution in [2.24, 2.45) is 0 Å². The second-order valence-corrected chi connectivity index (χ2v) is 9.70. The quantitative estimate of drug-likeness (QED) is 0.346. The fraction of sp³-hybridized carbons (Fsp3) is 0.214. The smallest absolute Gasteiger partial charge is 0.338 e. The van der Waals surface area contributed by atoms with Crippen molar-refractivity contribution in [1.82, 2.24) is 9.80 Å². The maximum Gasteiger partial charge on any atom is 0.338 e. The number of benzene rings is 2. The van der Waals surface area contributed by atoms with Gasteiger partial charge in [0.1, 0.15) is 18.1 Å². The van der Waals surface area contributed by atoms with Crippen molar-refractivity contribution in [2.75, 3.05) is 44.7 Å². The number of methoxy groups -OCH3 is 1. The van der Waals surface area contributed by atoms with E-state index in [2.05, 4.69) is 4.90 Å². The number of carbonyl (C=O) groups excluding carboxylic acids is 4. The molecule has 0 radical (unpaired) electrons. The number of hydrogen-bond donors (Lipinski definition) is 0. The molecule has 9 nitrogen and oxygen atoms in total. The highest BCUT2D eigenvalue weighted by Crippen LogP contribution is 2.34. The number of rotatable bonds is 6. The van der Waals surface area contributed by atoms with Gasteiger partial charge in [-0.25, -0.2) is 4.79 Å². The van der Waals surface area contributed by atoms with Crippen molar-refractivity contribution in [3.63, 3.8) is 0 Å². The molecule has 0 saturated carbocycles. The molecular weight excluding hydrogens is 506 g/mol. The molecule has 0 unspecified atom stereocenters. The highest BCUT2D eigenvalue weighted by atomic mass is 32.2. The number of nitrogens with zero attached hydrogens (tertiary/aromatic N) is 3. The SMILES string of the molecule is COC(=O)c1ccccc1-c1ccc(/C=C2/SC(=O)N(CC(=O)N3CCN(c4ccccc4)CC3)C2=O)o1. The highest BCUT2D eigenvalue weighted by molar-refractivity contribution is 8.18. The summed E-state index contributed by atoms with van der Waals surface area (Å²) in [6.45, 7) is 2.09. The summed E-state index contributed by atoms with van der Waals surface area (Å²) in [6.07, 6.45) is 1.47. The minimum Gasteiger partial charge on any atom is -0.465 e. The van der Waals surface area contributed by atoms with Gasteiger partial charge in [0.2, 0.25) is 5.91 Å². The second kappa shape index (κ2) is 11.0. The van der Waals surface area contributed by atoms with Crippen molar-refractivity contribution in [1.29, 1.82) is 0 Å². The maximum absolute atomic E-state index is 13.0. The number of para-hydroxylation sites is 1. The van der Waals surface area contributed by atoms with Gasteiger partial charge in [-0.1, -0.05) is 36.4 Å². The monoisotopic (exact) mass is 531 g/mol. The van der Waals surface area contributed by atoms with E-state index in [1.54, 1.807) is 41.3 Å². The van der Waals surface area contributed by atoms with E-state index in [0.29, 0.717) is 48.8 Å². The average molecular weight is 532 g/mol. The zero-order valence-electron chi connectivity index (χ0n) is 20.7. The van der Waals surface area contributed by atoms with E-state index < -0.39 is 17.1 Å². The fourth-order valence-corrected chi connectivity index (χ4v) is 5.23. The van der Waals surface area contributed by atoms with E-state index >= 15 is 0 Å². The first-order valence-electron chi connectivity index (χ1n) is 12.1. The molecule has 0 atom stereocenters. The Hall–Kier alpha value is -4.31. The van der Waals surface area contributed by atoms with Gasteiger partial charge in [-0.05, 0) is 42.1 Å². The molecule has 2 saturated heterocycles. The molecule has 0 aliphatic carbocycles. The number of imide groups is 1. The van der Waals surface area contributed by atoms with Gasteiger partial charge in [-0.15, -0.1) is 0 Å². The number of hydrogen-bond acceptors (Lipinski definition) is 8. The van der Waals surface area contributed by atoms with Crippen LogP contribution in [0.3, 0.4) is 0 Å². The van der Waals surface area contributed by atoms with Gasteiger partial charge in [-0.2, -0.15) is 0 Å². The lowest BCUT2D eigenvalue weighted by Crippen LogP contribution is -2.51. The molecule has 2 aromatic carbocycles. The van der Waals surface area contributed by atoms with Gasteiger partial charge >= 0.3 is 5.97 Å². The summed E-state index contributed by atoms with van der Waals surface area (Å²) >= 11 is 0.765. The number of amides is 3. The first kappa shape index (κ1) is 25.3. The zero-order chi connectivity index (χ0) is 26.6. The van der Waals surface area contributed by atoms with Crippen LogP contribution in [0.5, 0.6) is 0 Å². The number of anilines is 1. The molecule has 10 heteroatoms. The van der Waals surface area contributed by atoms with Crippen LogP contribution in [0.25, 0.3) is 17.4 Å². The van der Waals surface area contributed by atoms with Crippen LogP contribution in [0.15, 0.2) is 76.1 Å². The number of ether oxygens (including phenoxy) is 1. The van der Waals surface area contributed by atoms with E-state index in [-0.39, 0.29) is 17.4 Å². The third-order valence-electron chi connectivity index (χ3n) is 6.42. The molecule has 1 aromatic heterocycles. The number of esters is 1. The molecule has 0 spiro atoms. The lowest BCUT2D eigenvalue weighted by molar-refractivity contribution is -0.136. The lowest BCUT2D eigenvalue weighted by Gasteiger charge is -2.36. The van der Waals surface area contributed by atoms with E-state index in [9.17, 15) is 19.2 Å². The predicted octanol–water partition coefficient (Wildman–Crippen LogP) is 4.12. The number of thioether (sulfide) groups is 1. The Balaban J connectivity index is 1.23. The van der Waals surface area contributed by atoms with Gasteiger partial charge in [0.15, 0.2) is 0 Å². The van der Waals surface area contributed by atoms with E-state index in [4.69, 9.17) is 9.15 Å². The molecule has 5 rings (SSSR count). The van der Waals surface area contributed by atoms with Crippen molar-refractivity contribution < 1.29 is 28.3 Å². The van der Waals surface area contributed by atoms with Gasteiger partial charge in [0.25, 0.3) is 11.1 Å². The Kier molecular flexibility index (Phi) is 7.32. The first-order valence-corrected chi connectivity index (χ1v) is 12.9. The van der Waals surface area contributed by atoms with Gasteiger partial charge < -0.3 is 19.0 Å². The Morgan fingerprint density at radius 1 is 0.947 bits per heavy atom. The van der Waals surface area contributed by atoms with Crippen molar-refractivity contribution >= 4 is 46.5 Å². The van der Waals surface area contributed by atoms with Crippen molar-refractivity contribution in [3.8, 4) is 11.3 Å². The summed E-state index contributed by atoms with van der Waals surface area (Å²) in [5.74, 6) is -0.536. The molecule has 0 N–H and O–H groups in total. The van der Waals surface area contributed by atoms with Crippen LogP contribution in [0, 0.1) is 0 Å². The standard InChI is InChI=1S/C28H25N3O6S/c1-36-27(34)22-10-6-5-9-21(22)23-12-11-20(37-23)17-24-26(33)31(28(35)38-24)18-25(32)30-15-13-29(14-16-30)19-7-3-2-4-8-19/h2-12,17H,13-16,18H2,1H3/b24-17+. The third kappa shape index (κ3) is 5.21. The van der Waals surface area contributed by atoms with E-state index in [1.165, 1.54) is 13.2 Å².